The summed E-state index contributed by atoms with van der Waals surface area (Å²) in [4.78, 5) is 0. The molecule has 3 heteroatoms. The van der Waals surface area contributed by atoms with E-state index in [9.17, 15) is 0 Å². The molecular weight excluding hydrogens is 188 g/mol. The summed E-state index contributed by atoms with van der Waals surface area (Å²) in [5.74, 6) is 0.865. The van der Waals surface area contributed by atoms with E-state index in [1.54, 1.807) is 0 Å². The van der Waals surface area contributed by atoms with Crippen LogP contribution in [0.25, 0.3) is 11.1 Å². The molecule has 0 aliphatic carbocycles. The van der Waals surface area contributed by atoms with E-state index in [1.807, 2.05) is 33.0 Å². The lowest BCUT2D eigenvalue weighted by Gasteiger charge is -2.02. The molecule has 0 saturated carbocycles. The van der Waals surface area contributed by atoms with E-state index in [0.717, 1.165) is 28.3 Å². The van der Waals surface area contributed by atoms with Gasteiger partial charge < -0.3 is 9.84 Å². The molecule has 0 amide bonds. The number of aryl methyl sites for hydroxylation is 2. The zero-order valence-electron chi connectivity index (χ0n) is 9.16. The Balaban J connectivity index is 2.45. The van der Waals surface area contributed by atoms with Crippen molar-refractivity contribution in [2.45, 2.75) is 13.8 Å². The molecule has 2 aromatic rings. The van der Waals surface area contributed by atoms with Gasteiger partial charge in [-0.05, 0) is 31.5 Å². The van der Waals surface area contributed by atoms with Crippen LogP contribution in [-0.4, -0.2) is 12.2 Å². The average Bonchev–Trinajstić information content (AvgIpc) is 2.59. The fourth-order valence-corrected chi connectivity index (χ4v) is 1.70. The Morgan fingerprint density at radius 1 is 1.13 bits per heavy atom. The van der Waals surface area contributed by atoms with Crippen LogP contribution in [0.1, 0.15) is 11.5 Å². The molecule has 1 N–H and O–H groups in total. The molecule has 0 atom stereocenters. The van der Waals surface area contributed by atoms with Gasteiger partial charge in [-0.3, -0.25) is 0 Å². The molecule has 0 radical (unpaired) electrons. The molecular formula is C12H14N2O. The first-order chi connectivity index (χ1) is 7.22. The number of anilines is 1. The van der Waals surface area contributed by atoms with Crippen LogP contribution in [0.15, 0.2) is 28.8 Å². The predicted octanol–water partition coefficient (Wildman–Crippen LogP) is 3.00. The van der Waals surface area contributed by atoms with Gasteiger partial charge in [0.1, 0.15) is 5.76 Å². The molecule has 0 saturated heterocycles. The van der Waals surface area contributed by atoms with Crippen molar-refractivity contribution in [3.63, 3.8) is 0 Å². The van der Waals surface area contributed by atoms with Crippen LogP contribution in [0.2, 0.25) is 0 Å². The molecule has 2 rings (SSSR count). The minimum absolute atomic E-state index is 0.865. The first kappa shape index (κ1) is 9.77. The molecule has 1 aromatic heterocycles. The van der Waals surface area contributed by atoms with Crippen molar-refractivity contribution in [2.75, 3.05) is 12.4 Å². The maximum Gasteiger partial charge on any atom is 0.141 e. The molecule has 0 fully saturated rings. The third kappa shape index (κ3) is 1.73. The van der Waals surface area contributed by atoms with Crippen LogP contribution in [0, 0.1) is 13.8 Å². The molecule has 0 bridgehead atoms. The van der Waals surface area contributed by atoms with E-state index >= 15 is 0 Å². The van der Waals surface area contributed by atoms with E-state index in [0.29, 0.717) is 0 Å². The molecule has 0 unspecified atom stereocenters. The number of rotatable bonds is 2. The highest BCUT2D eigenvalue weighted by molar-refractivity contribution is 5.69. The van der Waals surface area contributed by atoms with Crippen LogP contribution in [0.5, 0.6) is 0 Å². The smallest absolute Gasteiger partial charge is 0.141 e. The Kier molecular flexibility index (Phi) is 2.46. The lowest BCUT2D eigenvalue weighted by molar-refractivity contribution is 0.393. The highest BCUT2D eigenvalue weighted by Crippen LogP contribution is 2.27. The van der Waals surface area contributed by atoms with Gasteiger partial charge in [-0.15, -0.1) is 0 Å². The molecule has 1 aromatic carbocycles. The Bertz CT molecular complexity index is 437. The Morgan fingerprint density at radius 3 is 2.27 bits per heavy atom. The number of benzene rings is 1. The number of hydrogen-bond acceptors (Lipinski definition) is 3. The van der Waals surface area contributed by atoms with Gasteiger partial charge in [-0.2, -0.15) is 0 Å². The summed E-state index contributed by atoms with van der Waals surface area (Å²) in [6.07, 6.45) is 0. The lowest BCUT2D eigenvalue weighted by Crippen LogP contribution is -1.87. The quantitative estimate of drug-likeness (QED) is 0.813. The van der Waals surface area contributed by atoms with E-state index in [-0.39, 0.29) is 0 Å². The standard InChI is InChI=1S/C12H14N2O/c1-8-12(9(2)15-14-8)10-4-6-11(13-3)7-5-10/h4-7,13H,1-3H3. The van der Waals surface area contributed by atoms with Crippen LogP contribution < -0.4 is 5.32 Å². The van der Waals surface area contributed by atoms with Crippen LogP contribution in [0.4, 0.5) is 5.69 Å². The largest absolute Gasteiger partial charge is 0.388 e. The second-order valence-corrected chi connectivity index (χ2v) is 3.53. The molecule has 0 aliphatic rings. The second kappa shape index (κ2) is 3.77. The Hall–Kier alpha value is -1.77. The van der Waals surface area contributed by atoms with Gasteiger partial charge in [0, 0.05) is 18.3 Å². The van der Waals surface area contributed by atoms with Crippen LogP contribution >= 0.6 is 0 Å². The monoisotopic (exact) mass is 202 g/mol. The van der Waals surface area contributed by atoms with Gasteiger partial charge in [0.2, 0.25) is 0 Å². The van der Waals surface area contributed by atoms with Gasteiger partial charge in [0.05, 0.1) is 5.69 Å². The molecule has 15 heavy (non-hydrogen) atoms. The van der Waals surface area contributed by atoms with Crippen molar-refractivity contribution in [1.82, 2.24) is 5.16 Å². The van der Waals surface area contributed by atoms with E-state index in [4.69, 9.17) is 4.52 Å². The van der Waals surface area contributed by atoms with E-state index < -0.39 is 0 Å². The molecule has 78 valence electrons. The zero-order chi connectivity index (χ0) is 10.8. The summed E-state index contributed by atoms with van der Waals surface area (Å²) in [6.45, 7) is 3.89. The van der Waals surface area contributed by atoms with Crippen molar-refractivity contribution in [3.05, 3.63) is 35.7 Å². The summed E-state index contributed by atoms with van der Waals surface area (Å²) >= 11 is 0. The lowest BCUT2D eigenvalue weighted by atomic mass is 10.0. The number of hydrogen-bond donors (Lipinski definition) is 1. The predicted molar refractivity (Wildman–Crippen MR) is 61.0 cm³/mol. The topological polar surface area (TPSA) is 38.1 Å². The van der Waals surface area contributed by atoms with Crippen LogP contribution in [-0.2, 0) is 0 Å². The summed E-state index contributed by atoms with van der Waals surface area (Å²) < 4.78 is 5.14. The van der Waals surface area contributed by atoms with Crippen LogP contribution in [0.3, 0.4) is 0 Å². The van der Waals surface area contributed by atoms with Gasteiger partial charge >= 0.3 is 0 Å². The fourth-order valence-electron chi connectivity index (χ4n) is 1.70. The summed E-state index contributed by atoms with van der Waals surface area (Å²) in [5, 5.41) is 7.03. The maximum atomic E-state index is 5.14. The number of nitrogens with one attached hydrogen (secondary N) is 1. The second-order valence-electron chi connectivity index (χ2n) is 3.53. The van der Waals surface area contributed by atoms with Gasteiger partial charge in [-0.1, -0.05) is 17.3 Å². The van der Waals surface area contributed by atoms with E-state index in [2.05, 4.69) is 22.6 Å². The normalized spacial score (nSPS) is 10.3. The van der Waals surface area contributed by atoms with Gasteiger partial charge in [0.25, 0.3) is 0 Å². The van der Waals surface area contributed by atoms with E-state index in [1.165, 1.54) is 0 Å². The van der Waals surface area contributed by atoms with Crippen molar-refractivity contribution in [3.8, 4) is 11.1 Å². The molecule has 3 nitrogen and oxygen atoms in total. The average molecular weight is 202 g/mol. The maximum absolute atomic E-state index is 5.14. The summed E-state index contributed by atoms with van der Waals surface area (Å²) in [5.41, 5.74) is 4.28. The summed E-state index contributed by atoms with van der Waals surface area (Å²) in [6, 6.07) is 8.22. The molecule has 0 spiro atoms. The summed E-state index contributed by atoms with van der Waals surface area (Å²) in [7, 11) is 1.91. The molecule has 1 heterocycles. The Labute approximate surface area is 89.1 Å². The van der Waals surface area contributed by atoms with Crippen molar-refractivity contribution < 1.29 is 4.52 Å². The minimum Gasteiger partial charge on any atom is -0.388 e. The fraction of sp³-hybridized carbons (Fsp3) is 0.250. The third-order valence-corrected chi connectivity index (χ3v) is 2.50. The van der Waals surface area contributed by atoms with Gasteiger partial charge in [-0.25, -0.2) is 0 Å². The highest BCUT2D eigenvalue weighted by Gasteiger charge is 2.10. The van der Waals surface area contributed by atoms with Crippen molar-refractivity contribution in [1.29, 1.82) is 0 Å². The van der Waals surface area contributed by atoms with Crippen molar-refractivity contribution in [2.24, 2.45) is 0 Å². The highest BCUT2D eigenvalue weighted by atomic mass is 16.5. The first-order valence-electron chi connectivity index (χ1n) is 4.93. The van der Waals surface area contributed by atoms with Crippen molar-refractivity contribution >= 4 is 5.69 Å². The zero-order valence-corrected chi connectivity index (χ0v) is 9.16. The number of nitrogens with zero attached hydrogens (tertiary/aromatic N) is 1. The molecule has 0 aliphatic heterocycles. The minimum atomic E-state index is 0.865. The third-order valence-electron chi connectivity index (χ3n) is 2.50. The first-order valence-corrected chi connectivity index (χ1v) is 4.93. The SMILES string of the molecule is CNc1ccc(-c2c(C)noc2C)cc1. The van der Waals surface area contributed by atoms with Gasteiger partial charge in [0.15, 0.2) is 0 Å². The Morgan fingerprint density at radius 2 is 1.80 bits per heavy atom. The number of aromatic nitrogens is 1.